The molecule has 0 saturated heterocycles. The smallest absolute Gasteiger partial charge is 0.0401 e. The molecule has 1 fully saturated rings. The molecule has 0 radical (unpaired) electrons. The molecule has 0 aromatic heterocycles. The van der Waals surface area contributed by atoms with Crippen LogP contribution in [0, 0.1) is 11.8 Å². The molecule has 3 rings (SSSR count). The van der Waals surface area contributed by atoms with Gasteiger partial charge in [0, 0.05) is 18.3 Å². The van der Waals surface area contributed by atoms with E-state index in [9.17, 15) is 0 Å². The Hall–Kier alpha value is -1.02. The van der Waals surface area contributed by atoms with E-state index in [0.29, 0.717) is 12.0 Å². The third kappa shape index (κ3) is 2.71. The zero-order chi connectivity index (χ0) is 13.9. The van der Waals surface area contributed by atoms with Gasteiger partial charge >= 0.3 is 0 Å². The van der Waals surface area contributed by atoms with Crippen LogP contribution in [0.25, 0.3) is 0 Å². The van der Waals surface area contributed by atoms with Gasteiger partial charge in [0.25, 0.3) is 0 Å². The molecular formula is C18H28N2. The van der Waals surface area contributed by atoms with Crippen molar-refractivity contribution in [2.75, 3.05) is 18.0 Å². The van der Waals surface area contributed by atoms with Gasteiger partial charge in [-0.05, 0) is 49.3 Å². The fourth-order valence-corrected chi connectivity index (χ4v) is 4.20. The summed E-state index contributed by atoms with van der Waals surface area (Å²) in [6.45, 7) is 4.44. The fourth-order valence-electron chi connectivity index (χ4n) is 4.20. The molecule has 20 heavy (non-hydrogen) atoms. The molecule has 1 aliphatic heterocycles. The molecule has 3 unspecified atom stereocenters. The van der Waals surface area contributed by atoms with Crippen molar-refractivity contribution < 1.29 is 0 Å². The van der Waals surface area contributed by atoms with Gasteiger partial charge in [0.15, 0.2) is 0 Å². The van der Waals surface area contributed by atoms with Crippen LogP contribution in [0.4, 0.5) is 5.69 Å². The van der Waals surface area contributed by atoms with Crippen LogP contribution in [0.3, 0.4) is 0 Å². The van der Waals surface area contributed by atoms with Crippen molar-refractivity contribution in [1.29, 1.82) is 0 Å². The van der Waals surface area contributed by atoms with Gasteiger partial charge in [0.2, 0.25) is 0 Å². The van der Waals surface area contributed by atoms with Crippen LogP contribution in [-0.4, -0.2) is 19.1 Å². The first-order chi connectivity index (χ1) is 9.79. The van der Waals surface area contributed by atoms with Gasteiger partial charge in [-0.2, -0.15) is 0 Å². The molecule has 2 N–H and O–H groups in total. The second-order valence-corrected chi connectivity index (χ2v) is 6.79. The summed E-state index contributed by atoms with van der Waals surface area (Å²) in [4.78, 5) is 2.70. The number of benzene rings is 1. The highest BCUT2D eigenvalue weighted by Crippen LogP contribution is 2.36. The molecule has 110 valence electrons. The largest absolute Gasteiger partial charge is 0.368 e. The van der Waals surface area contributed by atoms with Crippen LogP contribution in [0.5, 0.6) is 0 Å². The van der Waals surface area contributed by atoms with Gasteiger partial charge < -0.3 is 10.6 Å². The summed E-state index contributed by atoms with van der Waals surface area (Å²) in [6, 6.07) is 9.66. The van der Waals surface area contributed by atoms with Crippen molar-refractivity contribution in [2.45, 2.75) is 51.5 Å². The highest BCUT2D eigenvalue weighted by Gasteiger charge is 2.32. The van der Waals surface area contributed by atoms with Gasteiger partial charge in [0.05, 0.1) is 0 Å². The lowest BCUT2D eigenvalue weighted by atomic mass is 9.87. The van der Waals surface area contributed by atoms with E-state index in [0.717, 1.165) is 12.5 Å². The minimum atomic E-state index is 0.659. The van der Waals surface area contributed by atoms with E-state index in [1.165, 1.54) is 56.3 Å². The topological polar surface area (TPSA) is 29.3 Å². The lowest BCUT2D eigenvalue weighted by Crippen LogP contribution is -2.47. The number of fused-ring (bicyclic) bond motifs is 1. The molecule has 2 nitrogen and oxygen atoms in total. The Kier molecular flexibility index (Phi) is 4.30. The van der Waals surface area contributed by atoms with Crippen molar-refractivity contribution in [1.82, 2.24) is 0 Å². The molecule has 1 aromatic rings. The van der Waals surface area contributed by atoms with Gasteiger partial charge in [-0.15, -0.1) is 0 Å². The van der Waals surface area contributed by atoms with Crippen LogP contribution >= 0.6 is 0 Å². The Morgan fingerprint density at radius 3 is 2.80 bits per heavy atom. The number of nitrogens with zero attached hydrogens (tertiary/aromatic N) is 1. The molecule has 1 aromatic carbocycles. The van der Waals surface area contributed by atoms with Crippen LogP contribution in [0.2, 0.25) is 0 Å². The van der Waals surface area contributed by atoms with E-state index in [4.69, 9.17) is 5.73 Å². The van der Waals surface area contributed by atoms with Gasteiger partial charge in [-0.1, -0.05) is 44.4 Å². The van der Waals surface area contributed by atoms with Crippen molar-refractivity contribution in [3.63, 3.8) is 0 Å². The molecule has 1 aliphatic carbocycles. The first kappa shape index (κ1) is 13.9. The molecular weight excluding hydrogens is 244 g/mol. The highest BCUT2D eigenvalue weighted by atomic mass is 15.2. The van der Waals surface area contributed by atoms with E-state index in [2.05, 4.69) is 36.1 Å². The average Bonchev–Trinajstić information content (AvgIpc) is 2.71. The molecule has 1 saturated carbocycles. The predicted molar refractivity (Wildman–Crippen MR) is 86.1 cm³/mol. The maximum atomic E-state index is 6.10. The molecule has 1 heterocycles. The third-order valence-electron chi connectivity index (χ3n) is 5.20. The summed E-state index contributed by atoms with van der Waals surface area (Å²) in [5.41, 5.74) is 9.11. The Bertz CT molecular complexity index is 443. The second kappa shape index (κ2) is 6.17. The quantitative estimate of drug-likeness (QED) is 0.834. The molecule has 2 heteroatoms. The number of anilines is 1. The Morgan fingerprint density at radius 2 is 1.95 bits per heavy atom. The maximum absolute atomic E-state index is 6.10. The summed E-state index contributed by atoms with van der Waals surface area (Å²) >= 11 is 0. The monoisotopic (exact) mass is 272 g/mol. The second-order valence-electron chi connectivity index (χ2n) is 6.79. The van der Waals surface area contributed by atoms with Crippen LogP contribution in [0.1, 0.15) is 44.6 Å². The maximum Gasteiger partial charge on any atom is 0.0401 e. The summed E-state index contributed by atoms with van der Waals surface area (Å²) in [5.74, 6) is 1.43. The van der Waals surface area contributed by atoms with Gasteiger partial charge in [-0.3, -0.25) is 0 Å². The van der Waals surface area contributed by atoms with Crippen molar-refractivity contribution >= 4 is 5.69 Å². The van der Waals surface area contributed by atoms with Gasteiger partial charge in [0.1, 0.15) is 0 Å². The average molecular weight is 272 g/mol. The van der Waals surface area contributed by atoms with Crippen LogP contribution < -0.4 is 10.6 Å². The number of nitrogens with two attached hydrogens (primary N) is 1. The Morgan fingerprint density at radius 1 is 1.15 bits per heavy atom. The summed E-state index contributed by atoms with van der Waals surface area (Å²) in [5, 5.41) is 0. The van der Waals surface area contributed by atoms with E-state index in [1.54, 1.807) is 0 Å². The third-order valence-corrected chi connectivity index (χ3v) is 5.20. The number of para-hydroxylation sites is 1. The molecule has 0 spiro atoms. The van der Waals surface area contributed by atoms with E-state index in [-0.39, 0.29) is 0 Å². The Labute approximate surface area is 123 Å². The van der Waals surface area contributed by atoms with E-state index < -0.39 is 0 Å². The summed E-state index contributed by atoms with van der Waals surface area (Å²) in [7, 11) is 0. The lowest BCUT2D eigenvalue weighted by Gasteiger charge is -2.43. The van der Waals surface area contributed by atoms with Gasteiger partial charge in [-0.25, -0.2) is 0 Å². The van der Waals surface area contributed by atoms with E-state index in [1.807, 2.05) is 0 Å². The standard InChI is InChI=1S/C18H28N2/c1-14-11-15-7-5-6-10-17(15)20(13-14)18-9-4-2-3-8-16(18)12-19/h5-7,10,14,16,18H,2-4,8-9,11-13,19H2,1H3. The van der Waals surface area contributed by atoms with Crippen LogP contribution in [-0.2, 0) is 6.42 Å². The minimum absolute atomic E-state index is 0.659. The highest BCUT2D eigenvalue weighted by molar-refractivity contribution is 5.56. The SMILES string of the molecule is CC1Cc2ccccc2N(C2CCCCCC2CN)C1. The molecule has 0 amide bonds. The van der Waals surface area contributed by atoms with E-state index >= 15 is 0 Å². The fraction of sp³-hybridized carbons (Fsp3) is 0.667. The minimum Gasteiger partial charge on any atom is -0.368 e. The van der Waals surface area contributed by atoms with Crippen LogP contribution in [0.15, 0.2) is 24.3 Å². The van der Waals surface area contributed by atoms with Crippen molar-refractivity contribution in [2.24, 2.45) is 17.6 Å². The normalized spacial score (nSPS) is 30.7. The Balaban J connectivity index is 1.91. The number of hydrogen-bond acceptors (Lipinski definition) is 2. The lowest BCUT2D eigenvalue weighted by molar-refractivity contribution is 0.358. The van der Waals surface area contributed by atoms with Crippen molar-refractivity contribution in [3.8, 4) is 0 Å². The zero-order valence-electron chi connectivity index (χ0n) is 12.7. The first-order valence-corrected chi connectivity index (χ1v) is 8.34. The number of hydrogen-bond donors (Lipinski definition) is 1. The zero-order valence-corrected chi connectivity index (χ0v) is 12.7. The molecule has 2 aliphatic rings. The molecule has 3 atom stereocenters. The summed E-state index contributed by atoms with van der Waals surface area (Å²) < 4.78 is 0. The first-order valence-electron chi connectivity index (χ1n) is 8.34. The molecule has 0 bridgehead atoms. The van der Waals surface area contributed by atoms with Crippen molar-refractivity contribution in [3.05, 3.63) is 29.8 Å². The predicted octanol–water partition coefficient (Wildman–Crippen LogP) is 3.59. The summed E-state index contributed by atoms with van der Waals surface area (Å²) in [6.07, 6.45) is 7.99. The number of rotatable bonds is 2.